The largest absolute Gasteiger partial charge is 0.361 e. The smallest absolute Gasteiger partial charge is 0.194 e. The molecule has 0 saturated carbocycles. The van der Waals surface area contributed by atoms with Crippen LogP contribution in [0.1, 0.15) is 31.2 Å². The number of aromatic nitrogens is 1. The number of guanidine groups is 1. The van der Waals surface area contributed by atoms with Crippen molar-refractivity contribution in [1.29, 1.82) is 0 Å². The molecule has 3 rings (SSSR count). The third-order valence-corrected chi connectivity index (χ3v) is 5.96. The quantitative estimate of drug-likeness (QED) is 0.387. The van der Waals surface area contributed by atoms with Crippen LogP contribution in [0.2, 0.25) is 0 Å². The number of rotatable bonds is 5. The van der Waals surface area contributed by atoms with E-state index in [9.17, 15) is 0 Å². The average molecular weight is 493 g/mol. The number of hydrogen-bond acceptors (Lipinski definition) is 5. The summed E-state index contributed by atoms with van der Waals surface area (Å²) in [5.74, 6) is 5.36. The van der Waals surface area contributed by atoms with Crippen LogP contribution in [0.25, 0.3) is 0 Å². The standard InChI is InChI=1S/C18H31N5OS.HI/c1-3-19-18(20-13-16-4-10-25-11-5-16)23-8-6-22(7-9-23)14-17-12-15(2)24-21-17;/h12,16H,3-11,13-14H2,1-2H3,(H,19,20);1H. The summed E-state index contributed by atoms with van der Waals surface area (Å²) in [5.41, 5.74) is 1.03. The molecule has 0 aliphatic carbocycles. The lowest BCUT2D eigenvalue weighted by Crippen LogP contribution is -2.52. The zero-order chi connectivity index (χ0) is 17.5. The van der Waals surface area contributed by atoms with Gasteiger partial charge in [-0.2, -0.15) is 11.8 Å². The summed E-state index contributed by atoms with van der Waals surface area (Å²) < 4.78 is 5.17. The van der Waals surface area contributed by atoms with E-state index in [1.807, 2.05) is 13.0 Å². The molecule has 2 saturated heterocycles. The number of nitrogens with one attached hydrogen (secondary N) is 1. The molecular weight excluding hydrogens is 461 g/mol. The molecule has 0 aromatic carbocycles. The Morgan fingerprint density at radius 2 is 2.04 bits per heavy atom. The minimum atomic E-state index is 0. The van der Waals surface area contributed by atoms with E-state index in [4.69, 9.17) is 9.52 Å². The molecule has 0 amide bonds. The van der Waals surface area contributed by atoms with Crippen molar-refractivity contribution in [2.24, 2.45) is 10.9 Å². The number of aliphatic imine (C=N–C) groups is 1. The fourth-order valence-electron chi connectivity index (χ4n) is 3.41. The number of thioether (sulfide) groups is 1. The molecule has 0 spiro atoms. The van der Waals surface area contributed by atoms with E-state index in [1.165, 1.54) is 24.3 Å². The van der Waals surface area contributed by atoms with E-state index in [2.05, 4.69) is 39.0 Å². The normalized spacial score (nSPS) is 20.1. The number of aryl methyl sites for hydroxylation is 1. The van der Waals surface area contributed by atoms with Gasteiger partial charge in [-0.05, 0) is 44.1 Å². The monoisotopic (exact) mass is 493 g/mol. The molecule has 6 nitrogen and oxygen atoms in total. The Morgan fingerprint density at radius 3 is 2.65 bits per heavy atom. The molecule has 148 valence electrons. The minimum absolute atomic E-state index is 0. The first kappa shape index (κ1) is 21.8. The Balaban J connectivity index is 0.00000243. The maximum atomic E-state index is 5.17. The summed E-state index contributed by atoms with van der Waals surface area (Å²) in [6.45, 7) is 11.0. The van der Waals surface area contributed by atoms with Crippen molar-refractivity contribution >= 4 is 41.7 Å². The molecule has 2 fully saturated rings. The Labute approximate surface area is 178 Å². The summed E-state index contributed by atoms with van der Waals surface area (Å²) in [6.07, 6.45) is 2.64. The van der Waals surface area contributed by atoms with E-state index < -0.39 is 0 Å². The second-order valence-corrected chi connectivity index (χ2v) is 8.17. The fourth-order valence-corrected chi connectivity index (χ4v) is 4.61. The Hall–Kier alpha value is -0.480. The molecule has 1 N–H and O–H groups in total. The van der Waals surface area contributed by atoms with Crippen molar-refractivity contribution < 1.29 is 4.52 Å². The Kier molecular flexibility index (Phi) is 9.55. The van der Waals surface area contributed by atoms with Gasteiger partial charge in [0.2, 0.25) is 0 Å². The number of halogens is 1. The lowest BCUT2D eigenvalue weighted by molar-refractivity contribution is 0.169. The average Bonchev–Trinajstić information content (AvgIpc) is 3.05. The van der Waals surface area contributed by atoms with Crippen LogP contribution in [0.5, 0.6) is 0 Å². The van der Waals surface area contributed by atoms with E-state index in [1.54, 1.807) is 0 Å². The summed E-state index contributed by atoms with van der Waals surface area (Å²) in [5, 5.41) is 7.59. The van der Waals surface area contributed by atoms with E-state index in [-0.39, 0.29) is 24.0 Å². The van der Waals surface area contributed by atoms with Gasteiger partial charge in [0.15, 0.2) is 5.96 Å². The van der Waals surface area contributed by atoms with Crippen LogP contribution in [0, 0.1) is 12.8 Å². The van der Waals surface area contributed by atoms with Gasteiger partial charge in [0.25, 0.3) is 0 Å². The van der Waals surface area contributed by atoms with E-state index >= 15 is 0 Å². The van der Waals surface area contributed by atoms with Crippen molar-refractivity contribution in [1.82, 2.24) is 20.3 Å². The molecule has 0 radical (unpaired) electrons. The van der Waals surface area contributed by atoms with Gasteiger partial charge in [-0.15, -0.1) is 24.0 Å². The van der Waals surface area contributed by atoms with E-state index in [0.29, 0.717) is 0 Å². The second-order valence-electron chi connectivity index (χ2n) is 6.94. The number of hydrogen-bond donors (Lipinski definition) is 1. The summed E-state index contributed by atoms with van der Waals surface area (Å²) in [7, 11) is 0. The third-order valence-electron chi connectivity index (χ3n) is 4.91. The highest BCUT2D eigenvalue weighted by Gasteiger charge is 2.21. The molecule has 0 unspecified atom stereocenters. The van der Waals surface area contributed by atoms with E-state index in [0.717, 1.165) is 69.1 Å². The van der Waals surface area contributed by atoms with Crippen molar-refractivity contribution in [3.63, 3.8) is 0 Å². The zero-order valence-corrected chi connectivity index (χ0v) is 19.1. The van der Waals surface area contributed by atoms with Crippen LogP contribution in [-0.4, -0.2) is 71.7 Å². The van der Waals surface area contributed by atoms with Gasteiger partial charge >= 0.3 is 0 Å². The predicted octanol–water partition coefficient (Wildman–Crippen LogP) is 2.83. The van der Waals surface area contributed by atoms with Crippen molar-refractivity contribution in [3.05, 3.63) is 17.5 Å². The summed E-state index contributed by atoms with van der Waals surface area (Å²) in [4.78, 5) is 9.80. The van der Waals surface area contributed by atoms with Crippen LogP contribution >= 0.6 is 35.7 Å². The van der Waals surface area contributed by atoms with Crippen molar-refractivity contribution in [3.8, 4) is 0 Å². The molecule has 8 heteroatoms. The first-order valence-electron chi connectivity index (χ1n) is 9.50. The van der Waals surface area contributed by atoms with Gasteiger partial charge in [-0.25, -0.2) is 0 Å². The summed E-state index contributed by atoms with van der Waals surface area (Å²) >= 11 is 2.08. The highest BCUT2D eigenvalue weighted by molar-refractivity contribution is 14.0. The van der Waals surface area contributed by atoms with Crippen molar-refractivity contribution in [2.75, 3.05) is 50.8 Å². The number of nitrogens with zero attached hydrogens (tertiary/aromatic N) is 4. The molecule has 2 aliphatic rings. The molecular formula is C18H32IN5OS. The van der Waals surface area contributed by atoms with Gasteiger partial charge in [-0.1, -0.05) is 5.16 Å². The van der Waals surface area contributed by atoms with Gasteiger partial charge < -0.3 is 14.7 Å². The highest BCUT2D eigenvalue weighted by Crippen LogP contribution is 2.22. The van der Waals surface area contributed by atoms with Gasteiger partial charge in [0, 0.05) is 51.9 Å². The highest BCUT2D eigenvalue weighted by atomic mass is 127. The number of piperazine rings is 1. The molecule has 3 heterocycles. The lowest BCUT2D eigenvalue weighted by atomic mass is 10.0. The van der Waals surface area contributed by atoms with Gasteiger partial charge in [0.1, 0.15) is 5.76 Å². The van der Waals surface area contributed by atoms with Crippen LogP contribution in [0.4, 0.5) is 0 Å². The zero-order valence-electron chi connectivity index (χ0n) is 15.9. The van der Waals surface area contributed by atoms with Gasteiger partial charge in [0.05, 0.1) is 5.69 Å². The Morgan fingerprint density at radius 1 is 1.31 bits per heavy atom. The predicted molar refractivity (Wildman–Crippen MR) is 120 cm³/mol. The summed E-state index contributed by atoms with van der Waals surface area (Å²) in [6, 6.07) is 2.03. The maximum Gasteiger partial charge on any atom is 0.194 e. The first-order chi connectivity index (χ1) is 12.2. The fraction of sp³-hybridized carbons (Fsp3) is 0.778. The van der Waals surface area contributed by atoms with Crippen molar-refractivity contribution in [2.45, 2.75) is 33.2 Å². The van der Waals surface area contributed by atoms with Crippen LogP contribution in [0.15, 0.2) is 15.6 Å². The molecule has 2 aliphatic heterocycles. The lowest BCUT2D eigenvalue weighted by Gasteiger charge is -2.36. The first-order valence-corrected chi connectivity index (χ1v) is 10.7. The van der Waals surface area contributed by atoms with Gasteiger partial charge in [-0.3, -0.25) is 9.89 Å². The second kappa shape index (κ2) is 11.4. The minimum Gasteiger partial charge on any atom is -0.361 e. The molecule has 0 bridgehead atoms. The maximum absolute atomic E-state index is 5.17. The molecule has 1 aromatic heterocycles. The van der Waals surface area contributed by atoms with Crippen LogP contribution < -0.4 is 5.32 Å². The third kappa shape index (κ3) is 6.60. The molecule has 1 aromatic rings. The van der Waals surface area contributed by atoms with Crippen LogP contribution in [-0.2, 0) is 6.54 Å². The van der Waals surface area contributed by atoms with Crippen LogP contribution in [0.3, 0.4) is 0 Å². The Bertz CT molecular complexity index is 554. The SMILES string of the molecule is CCNC(=NCC1CCSCC1)N1CCN(Cc2cc(C)on2)CC1.I. The molecule has 0 atom stereocenters. The molecule has 26 heavy (non-hydrogen) atoms. The topological polar surface area (TPSA) is 56.9 Å².